The van der Waals surface area contributed by atoms with Crippen LogP contribution in [0, 0.1) is 0 Å². The van der Waals surface area contributed by atoms with Crippen LogP contribution in [0.2, 0.25) is 0 Å². The molecule has 2 amide bonds. The van der Waals surface area contributed by atoms with Gasteiger partial charge in [0.05, 0.1) is 13.0 Å². The van der Waals surface area contributed by atoms with E-state index >= 15 is 0 Å². The van der Waals surface area contributed by atoms with E-state index in [1.165, 1.54) is 10.5 Å². The van der Waals surface area contributed by atoms with E-state index in [0.29, 0.717) is 31.9 Å². The van der Waals surface area contributed by atoms with E-state index in [0.717, 1.165) is 6.42 Å². The maximum atomic E-state index is 12.8. The molecule has 0 spiro atoms. The highest BCUT2D eigenvalue weighted by Crippen LogP contribution is 2.17. The molecule has 7 nitrogen and oxygen atoms in total. The van der Waals surface area contributed by atoms with E-state index in [1.807, 2.05) is 31.2 Å². The fourth-order valence-electron chi connectivity index (χ4n) is 2.91. The molecule has 0 aromatic heterocycles. The minimum Gasteiger partial charge on any atom is -0.481 e. The highest BCUT2D eigenvalue weighted by atomic mass is 16.5. The van der Waals surface area contributed by atoms with Gasteiger partial charge < -0.3 is 19.7 Å². The summed E-state index contributed by atoms with van der Waals surface area (Å²) in [6.45, 7) is 6.59. The van der Waals surface area contributed by atoms with Gasteiger partial charge in [-0.05, 0) is 37.5 Å². The van der Waals surface area contributed by atoms with Crippen molar-refractivity contribution >= 4 is 17.8 Å². The van der Waals surface area contributed by atoms with Crippen LogP contribution in [0.1, 0.15) is 39.2 Å². The predicted octanol–water partition coefficient (Wildman–Crippen LogP) is 1.69. The minimum atomic E-state index is -0.871. The van der Waals surface area contributed by atoms with Gasteiger partial charge in [0.2, 0.25) is 5.91 Å². The zero-order chi connectivity index (χ0) is 19.8. The summed E-state index contributed by atoms with van der Waals surface area (Å²) in [4.78, 5) is 38.4. The molecule has 7 heteroatoms. The molecule has 148 valence electrons. The van der Waals surface area contributed by atoms with Gasteiger partial charge in [0.15, 0.2) is 6.10 Å². The lowest BCUT2D eigenvalue weighted by Crippen LogP contribution is -2.60. The average molecular weight is 376 g/mol. The van der Waals surface area contributed by atoms with Crippen LogP contribution >= 0.6 is 0 Å². The average Bonchev–Trinajstić information content (AvgIpc) is 2.68. The summed E-state index contributed by atoms with van der Waals surface area (Å²) in [6, 6.07) is 6.68. The molecule has 2 atom stereocenters. The second-order valence-corrected chi connectivity index (χ2v) is 6.52. The molecule has 1 aliphatic heterocycles. The molecule has 2 rings (SSSR count). The number of ether oxygens (including phenoxy) is 2. The summed E-state index contributed by atoms with van der Waals surface area (Å²) in [7, 11) is 0. The number of esters is 1. The first-order valence-electron chi connectivity index (χ1n) is 9.45. The van der Waals surface area contributed by atoms with Crippen molar-refractivity contribution in [2.75, 3.05) is 19.7 Å². The lowest BCUT2D eigenvalue weighted by Gasteiger charge is -2.36. The Morgan fingerprint density at radius 1 is 1.26 bits per heavy atom. The van der Waals surface area contributed by atoms with Gasteiger partial charge in [0.25, 0.3) is 5.91 Å². The third-order valence-electron chi connectivity index (χ3n) is 4.43. The number of hydrogen-bond acceptors (Lipinski definition) is 5. The quantitative estimate of drug-likeness (QED) is 0.698. The third kappa shape index (κ3) is 5.70. The van der Waals surface area contributed by atoms with E-state index in [-0.39, 0.29) is 18.2 Å². The number of piperazine rings is 1. The summed E-state index contributed by atoms with van der Waals surface area (Å²) in [5.74, 6) is -0.561. The zero-order valence-electron chi connectivity index (χ0n) is 16.2. The molecule has 1 heterocycles. The van der Waals surface area contributed by atoms with Crippen molar-refractivity contribution in [1.82, 2.24) is 10.2 Å². The van der Waals surface area contributed by atoms with Crippen molar-refractivity contribution in [3.63, 3.8) is 0 Å². The second kappa shape index (κ2) is 9.94. The van der Waals surface area contributed by atoms with Crippen LogP contribution in [-0.2, 0) is 25.5 Å². The minimum absolute atomic E-state index is 0.157. The molecule has 0 saturated carbocycles. The number of nitrogens with zero attached hydrogens (tertiary/aromatic N) is 1. The molecule has 1 aromatic rings. The normalized spacial score (nSPS) is 17.8. The number of benzene rings is 1. The monoisotopic (exact) mass is 376 g/mol. The lowest BCUT2D eigenvalue weighted by molar-refractivity contribution is -0.154. The summed E-state index contributed by atoms with van der Waals surface area (Å²) < 4.78 is 10.8. The number of aryl methyl sites for hydroxylation is 1. The van der Waals surface area contributed by atoms with Crippen molar-refractivity contribution in [3.05, 3.63) is 29.8 Å². The summed E-state index contributed by atoms with van der Waals surface area (Å²) in [6.07, 6.45) is 0.702. The first-order chi connectivity index (χ1) is 13.0. The SMILES string of the molecule is CCCOC(=O)C[C@H]1C(=O)NCCN1C(=O)[C@H](C)Oc1ccc(CC)cc1. The molecule has 0 bridgehead atoms. The third-order valence-corrected chi connectivity index (χ3v) is 4.43. The van der Waals surface area contributed by atoms with E-state index in [4.69, 9.17) is 9.47 Å². The van der Waals surface area contributed by atoms with Crippen LogP contribution in [0.3, 0.4) is 0 Å². The topological polar surface area (TPSA) is 84.9 Å². The fourth-order valence-corrected chi connectivity index (χ4v) is 2.91. The van der Waals surface area contributed by atoms with Gasteiger partial charge in [-0.1, -0.05) is 26.0 Å². The number of amides is 2. The Morgan fingerprint density at radius 3 is 2.59 bits per heavy atom. The molecule has 1 aliphatic rings. The Hall–Kier alpha value is -2.57. The molecule has 1 N–H and O–H groups in total. The second-order valence-electron chi connectivity index (χ2n) is 6.52. The van der Waals surface area contributed by atoms with Gasteiger partial charge in [-0.25, -0.2) is 0 Å². The molecule has 0 aliphatic carbocycles. The van der Waals surface area contributed by atoms with Crippen molar-refractivity contribution < 1.29 is 23.9 Å². The van der Waals surface area contributed by atoms with Crippen LogP contribution < -0.4 is 10.1 Å². The Bertz CT molecular complexity index is 659. The standard InChI is InChI=1S/C20H28N2O5/c1-4-12-26-18(23)13-17-19(24)21-10-11-22(17)20(25)14(3)27-16-8-6-15(5-2)7-9-16/h6-9,14,17H,4-5,10-13H2,1-3H3,(H,21,24)/t14-,17-/m0/s1. The molecule has 1 aromatic carbocycles. The number of carbonyl (C=O) groups is 3. The number of carbonyl (C=O) groups excluding carboxylic acids is 3. The van der Waals surface area contributed by atoms with Gasteiger partial charge in [-0.3, -0.25) is 14.4 Å². The molecule has 1 fully saturated rings. The zero-order valence-corrected chi connectivity index (χ0v) is 16.2. The van der Waals surface area contributed by atoms with Crippen molar-refractivity contribution in [1.29, 1.82) is 0 Å². The highest BCUT2D eigenvalue weighted by molar-refractivity contribution is 5.93. The van der Waals surface area contributed by atoms with Gasteiger partial charge in [-0.15, -0.1) is 0 Å². The number of rotatable bonds is 8. The first-order valence-corrected chi connectivity index (χ1v) is 9.45. The molecular weight excluding hydrogens is 348 g/mol. The maximum Gasteiger partial charge on any atom is 0.308 e. The number of nitrogens with one attached hydrogen (secondary N) is 1. The van der Waals surface area contributed by atoms with Crippen molar-refractivity contribution in [2.24, 2.45) is 0 Å². The van der Waals surface area contributed by atoms with Gasteiger partial charge in [0.1, 0.15) is 11.8 Å². The Labute approximate surface area is 160 Å². The summed E-state index contributed by atoms with van der Waals surface area (Å²) in [5.41, 5.74) is 1.18. The van der Waals surface area contributed by atoms with Crippen LogP contribution in [-0.4, -0.2) is 54.5 Å². The lowest BCUT2D eigenvalue weighted by atomic mass is 10.1. The summed E-state index contributed by atoms with van der Waals surface area (Å²) >= 11 is 0. The van der Waals surface area contributed by atoms with Crippen LogP contribution in [0.15, 0.2) is 24.3 Å². The van der Waals surface area contributed by atoms with Gasteiger partial charge in [-0.2, -0.15) is 0 Å². The van der Waals surface area contributed by atoms with E-state index in [9.17, 15) is 14.4 Å². The van der Waals surface area contributed by atoms with E-state index < -0.39 is 18.1 Å². The Balaban J connectivity index is 2.03. The van der Waals surface area contributed by atoms with Crippen molar-refractivity contribution in [2.45, 2.75) is 52.2 Å². The smallest absolute Gasteiger partial charge is 0.308 e. The van der Waals surface area contributed by atoms with E-state index in [2.05, 4.69) is 12.2 Å². The number of hydrogen-bond donors (Lipinski definition) is 1. The molecule has 0 unspecified atom stereocenters. The molecular formula is C20H28N2O5. The first kappa shape index (κ1) is 20.7. The predicted molar refractivity (Wildman–Crippen MR) is 100 cm³/mol. The fraction of sp³-hybridized carbons (Fsp3) is 0.550. The van der Waals surface area contributed by atoms with Gasteiger partial charge >= 0.3 is 5.97 Å². The Kier molecular flexibility index (Phi) is 7.64. The molecule has 27 heavy (non-hydrogen) atoms. The van der Waals surface area contributed by atoms with Gasteiger partial charge in [0, 0.05) is 13.1 Å². The Morgan fingerprint density at radius 2 is 1.96 bits per heavy atom. The largest absolute Gasteiger partial charge is 0.481 e. The van der Waals surface area contributed by atoms with E-state index in [1.54, 1.807) is 6.92 Å². The summed E-state index contributed by atoms with van der Waals surface area (Å²) in [5, 5.41) is 2.70. The van der Waals surface area contributed by atoms with Crippen LogP contribution in [0.4, 0.5) is 0 Å². The van der Waals surface area contributed by atoms with Crippen LogP contribution in [0.25, 0.3) is 0 Å². The van der Waals surface area contributed by atoms with Crippen LogP contribution in [0.5, 0.6) is 5.75 Å². The highest BCUT2D eigenvalue weighted by Gasteiger charge is 2.37. The van der Waals surface area contributed by atoms with Crippen molar-refractivity contribution in [3.8, 4) is 5.75 Å². The maximum absolute atomic E-state index is 12.8. The molecule has 0 radical (unpaired) electrons. The molecule has 1 saturated heterocycles.